The van der Waals surface area contributed by atoms with Crippen LogP contribution in [0.15, 0.2) is 0 Å². The summed E-state index contributed by atoms with van der Waals surface area (Å²) in [6.07, 6.45) is 0.537. The van der Waals surface area contributed by atoms with Crippen molar-refractivity contribution < 1.29 is 27.9 Å². The Labute approximate surface area is 87.2 Å². The van der Waals surface area contributed by atoms with Crippen molar-refractivity contribution in [1.82, 2.24) is 5.32 Å². The quantitative estimate of drug-likeness (QED) is 0.772. The number of halogens is 3. The monoisotopic (exact) mass is 243 g/mol. The second-order valence-corrected chi connectivity index (χ2v) is 4.21. The fourth-order valence-electron chi connectivity index (χ4n) is 0.968. The largest absolute Gasteiger partial charge is 0.480 e. The number of thioether (sulfide) groups is 1. The molecule has 0 radical (unpaired) electrons. The Morgan fingerprint density at radius 2 is 1.93 bits per heavy atom. The van der Waals surface area contributed by atoms with Crippen molar-refractivity contribution in [2.45, 2.75) is 23.9 Å². The minimum Gasteiger partial charge on any atom is -0.480 e. The molecule has 0 spiro atoms. The van der Waals surface area contributed by atoms with Gasteiger partial charge >= 0.3 is 11.5 Å². The van der Waals surface area contributed by atoms with Crippen molar-refractivity contribution in [1.29, 1.82) is 0 Å². The zero-order valence-electron chi connectivity index (χ0n) is 7.43. The van der Waals surface area contributed by atoms with Gasteiger partial charge in [0, 0.05) is 0 Å². The van der Waals surface area contributed by atoms with Crippen LogP contribution in [0.4, 0.5) is 13.2 Å². The van der Waals surface area contributed by atoms with Crippen LogP contribution in [-0.2, 0) is 9.59 Å². The van der Waals surface area contributed by atoms with Crippen molar-refractivity contribution in [3.8, 4) is 0 Å². The number of nitrogens with one attached hydrogen (secondary N) is 1. The molecule has 8 heteroatoms. The lowest BCUT2D eigenvalue weighted by Crippen LogP contribution is -2.44. The topological polar surface area (TPSA) is 66.4 Å². The zero-order valence-corrected chi connectivity index (χ0v) is 8.24. The molecular formula is C7H8F3NO3S. The molecule has 1 rings (SSSR count). The molecule has 0 atom stereocenters. The molecular weight excluding hydrogens is 235 g/mol. The number of aliphatic carboxylic acids is 1. The molecule has 0 aliphatic heterocycles. The Bertz CT molecular complexity index is 288. The molecule has 1 aliphatic carbocycles. The first-order valence-corrected chi connectivity index (χ1v) is 4.99. The first kappa shape index (κ1) is 12.2. The summed E-state index contributed by atoms with van der Waals surface area (Å²) in [4.78, 5) is 21.5. The molecule has 15 heavy (non-hydrogen) atoms. The molecule has 0 heterocycles. The molecule has 1 amide bonds. The molecule has 1 saturated carbocycles. The van der Waals surface area contributed by atoms with Crippen molar-refractivity contribution in [3.63, 3.8) is 0 Å². The van der Waals surface area contributed by atoms with Gasteiger partial charge < -0.3 is 10.4 Å². The van der Waals surface area contributed by atoms with Gasteiger partial charge in [-0.2, -0.15) is 13.2 Å². The number of alkyl halides is 3. The maximum Gasteiger partial charge on any atom is 0.442 e. The van der Waals surface area contributed by atoms with E-state index in [2.05, 4.69) is 5.32 Å². The maximum atomic E-state index is 11.7. The van der Waals surface area contributed by atoms with E-state index >= 15 is 0 Å². The highest BCUT2D eigenvalue weighted by Gasteiger charge is 2.51. The first-order chi connectivity index (χ1) is 6.75. The van der Waals surface area contributed by atoms with Crippen LogP contribution in [0.1, 0.15) is 12.8 Å². The highest BCUT2D eigenvalue weighted by atomic mass is 32.2. The smallest absolute Gasteiger partial charge is 0.442 e. The van der Waals surface area contributed by atoms with Crippen LogP contribution in [0, 0.1) is 0 Å². The van der Waals surface area contributed by atoms with Crippen LogP contribution in [0.25, 0.3) is 0 Å². The summed E-state index contributed by atoms with van der Waals surface area (Å²) in [5.41, 5.74) is -5.79. The number of hydrogen-bond donors (Lipinski definition) is 2. The van der Waals surface area contributed by atoms with E-state index in [9.17, 15) is 22.8 Å². The summed E-state index contributed by atoms with van der Waals surface area (Å²) in [6.45, 7) is 0. The molecule has 0 aromatic carbocycles. The Morgan fingerprint density at radius 3 is 2.27 bits per heavy atom. The van der Waals surface area contributed by atoms with E-state index in [4.69, 9.17) is 5.11 Å². The normalized spacial score (nSPS) is 18.3. The van der Waals surface area contributed by atoms with E-state index in [1.165, 1.54) is 0 Å². The highest BCUT2D eigenvalue weighted by Crippen LogP contribution is 2.36. The number of amides is 1. The molecule has 4 nitrogen and oxygen atoms in total. The molecule has 2 N–H and O–H groups in total. The van der Waals surface area contributed by atoms with Gasteiger partial charge in [-0.05, 0) is 24.6 Å². The van der Waals surface area contributed by atoms with Crippen molar-refractivity contribution in [2.24, 2.45) is 0 Å². The number of hydrogen-bond acceptors (Lipinski definition) is 3. The number of carbonyl (C=O) groups excluding carboxylic acids is 1. The van der Waals surface area contributed by atoms with Crippen molar-refractivity contribution in [2.75, 3.05) is 5.75 Å². The van der Waals surface area contributed by atoms with E-state index < -0.39 is 40.4 Å². The van der Waals surface area contributed by atoms with E-state index in [0.717, 1.165) is 0 Å². The summed E-state index contributed by atoms with van der Waals surface area (Å²) in [7, 11) is 0. The van der Waals surface area contributed by atoms with Gasteiger partial charge in [0.2, 0.25) is 5.91 Å². The lowest BCUT2D eigenvalue weighted by atomic mass is 10.3. The van der Waals surface area contributed by atoms with Crippen LogP contribution in [0.5, 0.6) is 0 Å². The average molecular weight is 243 g/mol. The van der Waals surface area contributed by atoms with Crippen LogP contribution in [0.3, 0.4) is 0 Å². The highest BCUT2D eigenvalue weighted by molar-refractivity contribution is 8.00. The third kappa shape index (κ3) is 3.61. The number of carboxylic acid groups (broad SMARTS) is 1. The summed E-state index contributed by atoms with van der Waals surface area (Å²) in [5, 5.41) is 10.7. The molecule has 0 aromatic rings. The Hall–Kier alpha value is -0.920. The number of carbonyl (C=O) groups is 2. The van der Waals surface area contributed by atoms with Gasteiger partial charge in [0.15, 0.2) is 0 Å². The van der Waals surface area contributed by atoms with Crippen LogP contribution in [0.2, 0.25) is 0 Å². The zero-order chi connectivity index (χ0) is 11.7. The number of rotatable bonds is 4. The average Bonchev–Trinajstić information content (AvgIpc) is 2.81. The maximum absolute atomic E-state index is 11.7. The van der Waals surface area contributed by atoms with Gasteiger partial charge in [-0.1, -0.05) is 0 Å². The number of carboxylic acids is 1. The second-order valence-electron chi connectivity index (χ2n) is 3.17. The molecule has 86 valence electrons. The van der Waals surface area contributed by atoms with Crippen LogP contribution in [-0.4, -0.2) is 33.8 Å². The van der Waals surface area contributed by atoms with Crippen molar-refractivity contribution >= 4 is 23.6 Å². The summed E-state index contributed by atoms with van der Waals surface area (Å²) in [5.74, 6) is -2.91. The van der Waals surface area contributed by atoms with Gasteiger partial charge in [-0.3, -0.25) is 4.79 Å². The molecule has 1 aliphatic rings. The van der Waals surface area contributed by atoms with Gasteiger partial charge in [0.25, 0.3) is 0 Å². The molecule has 0 bridgehead atoms. The van der Waals surface area contributed by atoms with E-state index in [1.54, 1.807) is 0 Å². The molecule has 0 saturated heterocycles. The lowest BCUT2D eigenvalue weighted by molar-refractivity contribution is -0.142. The minimum absolute atomic E-state index is 0.269. The van der Waals surface area contributed by atoms with E-state index in [0.29, 0.717) is 0 Å². The fraction of sp³-hybridized carbons (Fsp3) is 0.714. The standard InChI is InChI=1S/C7H8F3NO3S/c8-7(9,10)15-3-4(12)11-6(1-2-6)5(13)14/h1-3H2,(H,11,12)(H,13,14). The lowest BCUT2D eigenvalue weighted by Gasteiger charge is -2.12. The predicted molar refractivity (Wildman–Crippen MR) is 46.3 cm³/mol. The predicted octanol–water partition coefficient (Wildman–Crippen LogP) is 0.973. The van der Waals surface area contributed by atoms with E-state index in [1.807, 2.05) is 0 Å². The second kappa shape index (κ2) is 3.92. The van der Waals surface area contributed by atoms with E-state index in [-0.39, 0.29) is 12.8 Å². The first-order valence-electron chi connectivity index (χ1n) is 4.00. The fourth-order valence-corrected chi connectivity index (χ4v) is 1.33. The Morgan fingerprint density at radius 1 is 1.40 bits per heavy atom. The third-order valence-electron chi connectivity index (χ3n) is 1.91. The van der Waals surface area contributed by atoms with Crippen molar-refractivity contribution in [3.05, 3.63) is 0 Å². The summed E-state index contributed by atoms with van der Waals surface area (Å²) >= 11 is -0.483. The van der Waals surface area contributed by atoms with Crippen LogP contribution < -0.4 is 5.32 Å². The van der Waals surface area contributed by atoms with Gasteiger partial charge in [-0.25, -0.2) is 4.79 Å². The molecule has 0 unspecified atom stereocenters. The van der Waals surface area contributed by atoms with Gasteiger partial charge in [-0.15, -0.1) is 0 Å². The summed E-state index contributed by atoms with van der Waals surface area (Å²) < 4.78 is 35.1. The van der Waals surface area contributed by atoms with Gasteiger partial charge in [0.05, 0.1) is 5.75 Å². The third-order valence-corrected chi connectivity index (χ3v) is 2.64. The minimum atomic E-state index is -4.47. The Kier molecular flexibility index (Phi) is 3.17. The summed E-state index contributed by atoms with van der Waals surface area (Å²) in [6, 6.07) is 0. The molecule has 0 aromatic heterocycles. The molecule has 1 fully saturated rings. The Balaban J connectivity index is 2.34. The van der Waals surface area contributed by atoms with Crippen LogP contribution >= 0.6 is 11.8 Å². The van der Waals surface area contributed by atoms with Gasteiger partial charge in [0.1, 0.15) is 5.54 Å². The SMILES string of the molecule is O=C(CSC(F)(F)F)NC1(C(=O)O)CC1.